The predicted molar refractivity (Wildman–Crippen MR) is 94.4 cm³/mol. The lowest BCUT2D eigenvalue weighted by Crippen LogP contribution is -2.40. The Morgan fingerprint density at radius 2 is 1.86 bits per heavy atom. The molecule has 3 heterocycles. The van der Waals surface area contributed by atoms with Crippen LogP contribution in [0.25, 0.3) is 0 Å². The summed E-state index contributed by atoms with van der Waals surface area (Å²) in [4.78, 5) is 33.7. The number of amides is 1. The number of anilines is 2. The number of halogens is 3. The molecule has 28 heavy (non-hydrogen) atoms. The molecule has 0 unspecified atom stereocenters. The molecule has 148 valence electrons. The quantitative estimate of drug-likeness (QED) is 0.815. The van der Waals surface area contributed by atoms with Gasteiger partial charge in [0, 0.05) is 25.4 Å². The summed E-state index contributed by atoms with van der Waals surface area (Å²) in [5, 5.41) is 2.53. The molecular formula is C18H17F3N4O3. The van der Waals surface area contributed by atoms with E-state index in [0.29, 0.717) is 26.3 Å². The van der Waals surface area contributed by atoms with Gasteiger partial charge in [-0.15, -0.1) is 0 Å². The van der Waals surface area contributed by atoms with Gasteiger partial charge in [0.05, 0.1) is 24.3 Å². The Kier molecular flexibility index (Phi) is 4.58. The Hall–Kier alpha value is -2.88. The molecule has 2 N–H and O–H groups in total. The number of morpholine rings is 1. The Bertz CT molecular complexity index is 967. The van der Waals surface area contributed by atoms with Crippen molar-refractivity contribution in [1.82, 2.24) is 9.97 Å². The smallest absolute Gasteiger partial charge is 0.378 e. The topological polar surface area (TPSA) is 87.3 Å². The van der Waals surface area contributed by atoms with E-state index in [0.717, 1.165) is 6.07 Å². The number of hydrogen-bond acceptors (Lipinski definition) is 5. The van der Waals surface area contributed by atoms with Gasteiger partial charge < -0.3 is 15.0 Å². The second-order valence-electron chi connectivity index (χ2n) is 6.64. The van der Waals surface area contributed by atoms with Crippen molar-refractivity contribution in [3.05, 3.63) is 51.3 Å². The van der Waals surface area contributed by atoms with Gasteiger partial charge in [0.15, 0.2) is 0 Å². The first-order chi connectivity index (χ1) is 13.3. The summed E-state index contributed by atoms with van der Waals surface area (Å²) in [7, 11) is 0. The van der Waals surface area contributed by atoms with Crippen molar-refractivity contribution in [3.8, 4) is 0 Å². The largest absolute Gasteiger partial charge is 0.416 e. The number of nitrogens with zero attached hydrogens (tertiary/aromatic N) is 2. The second kappa shape index (κ2) is 6.93. The summed E-state index contributed by atoms with van der Waals surface area (Å²) in [6, 6.07) is 4.98. The van der Waals surface area contributed by atoms with Gasteiger partial charge >= 0.3 is 6.18 Å². The number of aromatic amines is 1. The van der Waals surface area contributed by atoms with E-state index >= 15 is 0 Å². The average molecular weight is 394 g/mol. The summed E-state index contributed by atoms with van der Waals surface area (Å²) >= 11 is 0. The highest BCUT2D eigenvalue weighted by Gasteiger charge is 2.39. The molecule has 1 aromatic heterocycles. The first-order valence-corrected chi connectivity index (χ1v) is 8.77. The van der Waals surface area contributed by atoms with Crippen LogP contribution >= 0.6 is 0 Å². The van der Waals surface area contributed by atoms with E-state index in [1.807, 2.05) is 0 Å². The lowest BCUT2D eigenvalue weighted by atomic mass is 9.84. The van der Waals surface area contributed by atoms with E-state index < -0.39 is 29.1 Å². The highest BCUT2D eigenvalue weighted by atomic mass is 19.4. The van der Waals surface area contributed by atoms with Crippen LogP contribution in [0, 0.1) is 0 Å². The first kappa shape index (κ1) is 18.5. The van der Waals surface area contributed by atoms with E-state index in [1.54, 1.807) is 4.90 Å². The van der Waals surface area contributed by atoms with Crippen molar-refractivity contribution >= 4 is 17.7 Å². The molecule has 2 aromatic rings. The fourth-order valence-corrected chi connectivity index (χ4v) is 3.61. The molecule has 0 radical (unpaired) electrons. The Morgan fingerprint density at radius 1 is 1.14 bits per heavy atom. The fourth-order valence-electron chi connectivity index (χ4n) is 3.61. The molecule has 1 fully saturated rings. The van der Waals surface area contributed by atoms with E-state index in [-0.39, 0.29) is 29.3 Å². The summed E-state index contributed by atoms with van der Waals surface area (Å²) < 4.78 is 45.7. The van der Waals surface area contributed by atoms with Crippen LogP contribution in [0.3, 0.4) is 0 Å². The van der Waals surface area contributed by atoms with Crippen LogP contribution in [0.2, 0.25) is 0 Å². The van der Waals surface area contributed by atoms with E-state index in [1.165, 1.54) is 18.2 Å². The van der Waals surface area contributed by atoms with Crippen LogP contribution in [-0.4, -0.2) is 42.2 Å². The number of ether oxygens (including phenoxy) is 1. The SMILES string of the molecule is O=C1C[C@H](c2ccccc2C(F)(F)F)c2c(nc(N3CCOCC3)[nH]c2=O)N1. The minimum Gasteiger partial charge on any atom is -0.378 e. The molecule has 0 bridgehead atoms. The third-order valence-electron chi connectivity index (χ3n) is 4.89. The molecule has 4 rings (SSSR count). The van der Waals surface area contributed by atoms with Crippen LogP contribution in [0.4, 0.5) is 24.9 Å². The lowest BCUT2D eigenvalue weighted by Gasteiger charge is -2.30. The monoisotopic (exact) mass is 394 g/mol. The van der Waals surface area contributed by atoms with Crippen LogP contribution in [-0.2, 0) is 15.7 Å². The van der Waals surface area contributed by atoms with Gasteiger partial charge in [-0.1, -0.05) is 18.2 Å². The van der Waals surface area contributed by atoms with Gasteiger partial charge in [-0.25, -0.2) is 0 Å². The molecule has 0 saturated carbocycles. The zero-order chi connectivity index (χ0) is 19.9. The lowest BCUT2D eigenvalue weighted by molar-refractivity contribution is -0.138. The molecule has 7 nitrogen and oxygen atoms in total. The van der Waals surface area contributed by atoms with Crippen molar-refractivity contribution in [2.24, 2.45) is 0 Å². The highest BCUT2D eigenvalue weighted by Crippen LogP contribution is 2.41. The number of carbonyl (C=O) groups excluding carboxylic acids is 1. The number of carbonyl (C=O) groups is 1. The van der Waals surface area contributed by atoms with Gasteiger partial charge in [0.25, 0.3) is 5.56 Å². The molecule has 0 aliphatic carbocycles. The average Bonchev–Trinajstić information content (AvgIpc) is 2.67. The fraction of sp³-hybridized carbons (Fsp3) is 0.389. The van der Waals surface area contributed by atoms with Gasteiger partial charge in [-0.3, -0.25) is 14.6 Å². The highest BCUT2D eigenvalue weighted by molar-refractivity contribution is 5.94. The van der Waals surface area contributed by atoms with Crippen LogP contribution in [0.1, 0.15) is 29.0 Å². The maximum absolute atomic E-state index is 13.5. The molecule has 2 aliphatic rings. The molecule has 0 spiro atoms. The van der Waals surface area contributed by atoms with Crippen molar-refractivity contribution in [3.63, 3.8) is 0 Å². The number of hydrogen-bond donors (Lipinski definition) is 2. The van der Waals surface area contributed by atoms with Gasteiger partial charge in [-0.2, -0.15) is 18.2 Å². The number of aromatic nitrogens is 2. The van der Waals surface area contributed by atoms with Crippen molar-refractivity contribution in [2.75, 3.05) is 36.5 Å². The van der Waals surface area contributed by atoms with E-state index in [9.17, 15) is 22.8 Å². The van der Waals surface area contributed by atoms with Crippen LogP contribution < -0.4 is 15.8 Å². The number of H-pyrrole nitrogens is 1. The third-order valence-corrected chi connectivity index (χ3v) is 4.89. The second-order valence-corrected chi connectivity index (χ2v) is 6.64. The molecule has 1 atom stereocenters. The number of alkyl halides is 3. The summed E-state index contributed by atoms with van der Waals surface area (Å²) in [5.41, 5.74) is -1.50. The van der Waals surface area contributed by atoms with Crippen molar-refractivity contribution < 1.29 is 22.7 Å². The minimum absolute atomic E-state index is 0.00321. The van der Waals surface area contributed by atoms with Gasteiger partial charge in [0.2, 0.25) is 11.9 Å². The molecule has 1 saturated heterocycles. The van der Waals surface area contributed by atoms with E-state index in [2.05, 4.69) is 15.3 Å². The molecule has 1 aromatic carbocycles. The Balaban J connectivity index is 1.82. The number of fused-ring (bicyclic) bond motifs is 1. The summed E-state index contributed by atoms with van der Waals surface area (Å²) in [6.45, 7) is 1.95. The van der Waals surface area contributed by atoms with Crippen LogP contribution in [0.5, 0.6) is 0 Å². The number of benzene rings is 1. The molecule has 10 heteroatoms. The zero-order valence-corrected chi connectivity index (χ0v) is 14.7. The first-order valence-electron chi connectivity index (χ1n) is 8.77. The number of rotatable bonds is 2. The Labute approximate surface area is 157 Å². The maximum atomic E-state index is 13.5. The van der Waals surface area contributed by atoms with Crippen molar-refractivity contribution in [1.29, 1.82) is 0 Å². The summed E-state index contributed by atoms with van der Waals surface area (Å²) in [5.74, 6) is -1.25. The Morgan fingerprint density at radius 3 is 2.57 bits per heavy atom. The van der Waals surface area contributed by atoms with Gasteiger partial charge in [-0.05, 0) is 11.6 Å². The third kappa shape index (κ3) is 3.35. The van der Waals surface area contributed by atoms with Gasteiger partial charge in [0.1, 0.15) is 5.82 Å². The molecule has 2 aliphatic heterocycles. The molecule has 1 amide bonds. The number of nitrogens with one attached hydrogen (secondary N) is 2. The maximum Gasteiger partial charge on any atom is 0.416 e. The van der Waals surface area contributed by atoms with Crippen LogP contribution in [0.15, 0.2) is 29.1 Å². The van der Waals surface area contributed by atoms with E-state index in [4.69, 9.17) is 4.74 Å². The normalized spacial score (nSPS) is 19.9. The summed E-state index contributed by atoms with van der Waals surface area (Å²) in [6.07, 6.45) is -4.86. The standard InChI is InChI=1S/C18H17F3N4O3/c19-18(20,21)12-4-2-1-3-10(12)11-9-13(26)22-15-14(11)16(27)24-17(23-15)25-5-7-28-8-6-25/h1-4,11H,5-9H2,(H2,22,23,24,26,27)/t11-/m1/s1. The van der Waals surface area contributed by atoms with Crippen molar-refractivity contribution in [2.45, 2.75) is 18.5 Å². The predicted octanol–water partition coefficient (Wildman–Crippen LogP) is 2.10. The zero-order valence-electron chi connectivity index (χ0n) is 14.7. The minimum atomic E-state index is -4.60. The molecular weight excluding hydrogens is 377 g/mol.